The Balaban J connectivity index is 2.69. The predicted octanol–water partition coefficient (Wildman–Crippen LogP) is 3.86. The van der Waals surface area contributed by atoms with E-state index in [4.69, 9.17) is 4.42 Å². The van der Waals surface area contributed by atoms with E-state index >= 15 is 0 Å². The summed E-state index contributed by atoms with van der Waals surface area (Å²) in [5.41, 5.74) is 2.35. The standard InChI is InChI=1S/C14H9IO2/c1-8-6-7-10(15)14-12(8)13(16)9-4-2-3-5-11(9)17-14/h2-7H,1H3. The lowest BCUT2D eigenvalue weighted by molar-refractivity contribution is 0.657. The van der Waals surface area contributed by atoms with E-state index in [1.807, 2.05) is 37.3 Å². The van der Waals surface area contributed by atoms with Crippen LogP contribution in [0.2, 0.25) is 0 Å². The van der Waals surface area contributed by atoms with E-state index in [2.05, 4.69) is 22.6 Å². The molecule has 1 heterocycles. The molecule has 2 nitrogen and oxygen atoms in total. The Kier molecular flexibility index (Phi) is 2.43. The van der Waals surface area contributed by atoms with Crippen LogP contribution in [-0.2, 0) is 0 Å². The van der Waals surface area contributed by atoms with Gasteiger partial charge in [-0.05, 0) is 53.3 Å². The van der Waals surface area contributed by atoms with Crippen molar-refractivity contribution >= 4 is 44.5 Å². The fourth-order valence-corrected chi connectivity index (χ4v) is 2.59. The lowest BCUT2D eigenvalue weighted by Gasteiger charge is -2.05. The third-order valence-corrected chi connectivity index (χ3v) is 3.74. The molecule has 17 heavy (non-hydrogen) atoms. The number of para-hydroxylation sites is 1. The number of hydrogen-bond donors (Lipinski definition) is 0. The predicted molar refractivity (Wildman–Crippen MR) is 77.4 cm³/mol. The van der Waals surface area contributed by atoms with Gasteiger partial charge in [-0.1, -0.05) is 18.2 Å². The van der Waals surface area contributed by atoms with Crippen LogP contribution in [0.3, 0.4) is 0 Å². The average Bonchev–Trinajstić information content (AvgIpc) is 2.34. The molecule has 0 fully saturated rings. The summed E-state index contributed by atoms with van der Waals surface area (Å²) in [5, 5.41) is 1.33. The van der Waals surface area contributed by atoms with Crippen molar-refractivity contribution in [2.75, 3.05) is 0 Å². The highest BCUT2D eigenvalue weighted by atomic mass is 127. The second-order valence-corrected chi connectivity index (χ2v) is 5.16. The molecule has 0 radical (unpaired) electrons. The molecule has 84 valence electrons. The Morgan fingerprint density at radius 3 is 2.71 bits per heavy atom. The van der Waals surface area contributed by atoms with Gasteiger partial charge in [0.15, 0.2) is 5.58 Å². The minimum absolute atomic E-state index is 0.0536. The Morgan fingerprint density at radius 1 is 1.12 bits per heavy atom. The fraction of sp³-hybridized carbons (Fsp3) is 0.0714. The van der Waals surface area contributed by atoms with E-state index in [0.29, 0.717) is 21.9 Å². The van der Waals surface area contributed by atoms with E-state index in [0.717, 1.165) is 9.13 Å². The van der Waals surface area contributed by atoms with Gasteiger partial charge in [0.25, 0.3) is 0 Å². The fourth-order valence-electron chi connectivity index (χ4n) is 2.03. The van der Waals surface area contributed by atoms with Crippen molar-refractivity contribution in [1.82, 2.24) is 0 Å². The Morgan fingerprint density at radius 2 is 1.88 bits per heavy atom. The summed E-state index contributed by atoms with van der Waals surface area (Å²) >= 11 is 2.19. The minimum atomic E-state index is 0.0536. The van der Waals surface area contributed by atoms with Crippen molar-refractivity contribution in [2.45, 2.75) is 6.92 Å². The number of hydrogen-bond acceptors (Lipinski definition) is 2. The molecule has 3 aromatic rings. The molecule has 3 heteroatoms. The summed E-state index contributed by atoms with van der Waals surface area (Å²) in [6, 6.07) is 11.3. The van der Waals surface area contributed by atoms with Crippen molar-refractivity contribution in [3.63, 3.8) is 0 Å². The maximum atomic E-state index is 12.4. The van der Waals surface area contributed by atoms with Crippen LogP contribution in [0.4, 0.5) is 0 Å². The highest BCUT2D eigenvalue weighted by molar-refractivity contribution is 14.1. The van der Waals surface area contributed by atoms with E-state index in [1.54, 1.807) is 6.07 Å². The zero-order chi connectivity index (χ0) is 12.0. The molecule has 1 aromatic heterocycles. The highest BCUT2D eigenvalue weighted by Crippen LogP contribution is 2.25. The van der Waals surface area contributed by atoms with Gasteiger partial charge < -0.3 is 4.42 Å². The van der Waals surface area contributed by atoms with Crippen molar-refractivity contribution in [2.24, 2.45) is 0 Å². The van der Waals surface area contributed by atoms with Gasteiger partial charge >= 0.3 is 0 Å². The molecule has 3 rings (SSSR count). The number of halogens is 1. The van der Waals surface area contributed by atoms with Crippen LogP contribution in [0.5, 0.6) is 0 Å². The second-order valence-electron chi connectivity index (χ2n) is 4.00. The van der Waals surface area contributed by atoms with Gasteiger partial charge in [0.05, 0.1) is 14.3 Å². The van der Waals surface area contributed by atoms with E-state index in [1.165, 1.54) is 0 Å². The van der Waals surface area contributed by atoms with E-state index in [9.17, 15) is 4.79 Å². The van der Waals surface area contributed by atoms with Gasteiger partial charge in [-0.25, -0.2) is 0 Å². The number of aryl methyl sites for hydroxylation is 1. The summed E-state index contributed by atoms with van der Waals surface area (Å²) < 4.78 is 6.80. The molecule has 0 atom stereocenters. The summed E-state index contributed by atoms with van der Waals surface area (Å²) in [6.07, 6.45) is 0. The molecule has 0 bridgehead atoms. The van der Waals surface area contributed by atoms with Crippen LogP contribution in [0.15, 0.2) is 45.6 Å². The first-order valence-corrected chi connectivity index (χ1v) is 6.37. The molecule has 2 aromatic carbocycles. The van der Waals surface area contributed by atoms with Crippen molar-refractivity contribution in [3.8, 4) is 0 Å². The van der Waals surface area contributed by atoms with Crippen LogP contribution < -0.4 is 5.43 Å². The topological polar surface area (TPSA) is 30.2 Å². The monoisotopic (exact) mass is 336 g/mol. The van der Waals surface area contributed by atoms with Crippen LogP contribution in [0.25, 0.3) is 21.9 Å². The first kappa shape index (κ1) is 10.8. The number of rotatable bonds is 0. The molecular formula is C14H9IO2. The van der Waals surface area contributed by atoms with Crippen molar-refractivity contribution in [3.05, 3.63) is 55.8 Å². The van der Waals surface area contributed by atoms with Crippen LogP contribution in [0, 0.1) is 10.5 Å². The largest absolute Gasteiger partial charge is 0.455 e. The Labute approximate surface area is 111 Å². The normalized spacial score (nSPS) is 11.2. The maximum absolute atomic E-state index is 12.4. The molecule has 0 saturated carbocycles. The quantitative estimate of drug-likeness (QED) is 0.461. The third-order valence-electron chi connectivity index (χ3n) is 2.89. The summed E-state index contributed by atoms with van der Waals surface area (Å²) in [6.45, 7) is 1.93. The first-order chi connectivity index (χ1) is 8.18. The Bertz CT molecular complexity index is 787. The maximum Gasteiger partial charge on any atom is 0.200 e. The van der Waals surface area contributed by atoms with Crippen LogP contribution >= 0.6 is 22.6 Å². The molecule has 0 aliphatic carbocycles. The zero-order valence-electron chi connectivity index (χ0n) is 9.16. The van der Waals surface area contributed by atoms with E-state index in [-0.39, 0.29) is 5.43 Å². The number of fused-ring (bicyclic) bond motifs is 2. The minimum Gasteiger partial charge on any atom is -0.455 e. The van der Waals surface area contributed by atoms with Gasteiger partial charge in [-0.2, -0.15) is 0 Å². The van der Waals surface area contributed by atoms with Gasteiger partial charge in [-0.15, -0.1) is 0 Å². The number of benzene rings is 2. The molecule has 0 saturated heterocycles. The molecule has 0 amide bonds. The van der Waals surface area contributed by atoms with Gasteiger partial charge in [0.1, 0.15) is 5.58 Å². The highest BCUT2D eigenvalue weighted by Gasteiger charge is 2.11. The second kappa shape index (κ2) is 3.84. The summed E-state index contributed by atoms with van der Waals surface area (Å²) in [7, 11) is 0. The smallest absolute Gasteiger partial charge is 0.200 e. The van der Waals surface area contributed by atoms with Crippen LogP contribution in [-0.4, -0.2) is 0 Å². The van der Waals surface area contributed by atoms with E-state index < -0.39 is 0 Å². The molecule has 0 aliphatic rings. The molecule has 0 N–H and O–H groups in total. The first-order valence-electron chi connectivity index (χ1n) is 5.29. The van der Waals surface area contributed by atoms with Crippen molar-refractivity contribution in [1.29, 1.82) is 0 Å². The average molecular weight is 336 g/mol. The molecule has 0 spiro atoms. The SMILES string of the molecule is Cc1ccc(I)c2oc3ccccc3c(=O)c12. The van der Waals surface area contributed by atoms with Gasteiger partial charge in [0.2, 0.25) is 5.43 Å². The molecular weight excluding hydrogens is 327 g/mol. The lowest BCUT2D eigenvalue weighted by Crippen LogP contribution is -2.04. The third kappa shape index (κ3) is 1.57. The molecule has 0 aliphatic heterocycles. The zero-order valence-corrected chi connectivity index (χ0v) is 11.3. The van der Waals surface area contributed by atoms with Gasteiger partial charge in [0, 0.05) is 0 Å². The summed E-state index contributed by atoms with van der Waals surface area (Å²) in [4.78, 5) is 12.4. The van der Waals surface area contributed by atoms with Crippen molar-refractivity contribution < 1.29 is 4.42 Å². The van der Waals surface area contributed by atoms with Crippen LogP contribution in [0.1, 0.15) is 5.56 Å². The van der Waals surface area contributed by atoms with Gasteiger partial charge in [-0.3, -0.25) is 4.79 Å². The lowest BCUT2D eigenvalue weighted by atomic mass is 10.1. The Hall–Kier alpha value is -1.36. The molecule has 0 unspecified atom stereocenters. The summed E-state index contributed by atoms with van der Waals surface area (Å²) in [5.74, 6) is 0.